The molecule has 0 spiro atoms. The SMILES string of the molecule is CC[C@@]1(O)C(=O)OCc2c1cc1n(c2=O)Cc2c-1nc1cc(F)c(C)c3c1c2[C@@H](NC(=O)COCN(CCS(C)(=O)=O)C(=O)OCc1ccc(CC(=O)[C@H](C)N=[N+]=[N-])cc1)CC3. The van der Waals surface area contributed by atoms with Crippen LogP contribution in [0.3, 0.4) is 0 Å². The highest BCUT2D eigenvalue weighted by Crippen LogP contribution is 2.46. The van der Waals surface area contributed by atoms with Crippen LogP contribution in [0.1, 0.15) is 77.2 Å². The summed E-state index contributed by atoms with van der Waals surface area (Å²) in [5.41, 5.74) is 10.9. The summed E-state index contributed by atoms with van der Waals surface area (Å²) in [5.74, 6) is -2.59. The van der Waals surface area contributed by atoms with E-state index in [0.717, 1.165) is 16.7 Å². The first-order chi connectivity index (χ1) is 29.4. The van der Waals surface area contributed by atoms with Gasteiger partial charge in [0.05, 0.1) is 46.8 Å². The fraction of sp³-hybridized carbons (Fsp3) is 0.429. The smallest absolute Gasteiger partial charge is 0.411 e. The Morgan fingerprint density at radius 2 is 1.90 bits per heavy atom. The number of halogens is 1. The number of carbonyl (C=O) groups is 4. The van der Waals surface area contributed by atoms with Crippen molar-refractivity contribution < 1.29 is 51.3 Å². The van der Waals surface area contributed by atoms with E-state index in [1.54, 1.807) is 44.2 Å². The number of ketones is 1. The second kappa shape index (κ2) is 17.3. The molecular formula is C42H44FN7O11S. The third kappa shape index (κ3) is 8.50. The molecule has 326 valence electrons. The molecule has 2 aliphatic heterocycles. The Balaban J connectivity index is 1.07. The summed E-state index contributed by atoms with van der Waals surface area (Å²) >= 11 is 0. The number of ether oxygens (including phenoxy) is 3. The zero-order valence-corrected chi connectivity index (χ0v) is 35.2. The van der Waals surface area contributed by atoms with Crippen LogP contribution in [0.25, 0.3) is 32.7 Å². The van der Waals surface area contributed by atoms with Crippen molar-refractivity contribution in [3.05, 3.63) is 108 Å². The van der Waals surface area contributed by atoms with Gasteiger partial charge < -0.3 is 29.2 Å². The summed E-state index contributed by atoms with van der Waals surface area (Å²) < 4.78 is 57.1. The number of azide groups is 1. The van der Waals surface area contributed by atoms with Crippen LogP contribution in [0.15, 0.2) is 46.3 Å². The van der Waals surface area contributed by atoms with Gasteiger partial charge in [0, 0.05) is 46.7 Å². The monoisotopic (exact) mass is 873 g/mol. The quantitative estimate of drug-likeness (QED) is 0.0496. The lowest BCUT2D eigenvalue weighted by molar-refractivity contribution is -0.172. The molecule has 4 heterocycles. The fourth-order valence-electron chi connectivity index (χ4n) is 8.15. The highest BCUT2D eigenvalue weighted by molar-refractivity contribution is 7.90. The molecule has 0 radical (unpaired) electrons. The molecule has 0 saturated carbocycles. The van der Waals surface area contributed by atoms with Crippen molar-refractivity contribution in [3.8, 4) is 11.4 Å². The van der Waals surface area contributed by atoms with E-state index in [9.17, 15) is 37.5 Å². The molecule has 2 aromatic heterocycles. The number of hydrogen-bond acceptors (Lipinski definition) is 13. The van der Waals surface area contributed by atoms with Crippen molar-refractivity contribution >= 4 is 44.5 Å². The Bertz CT molecular complexity index is 2750. The summed E-state index contributed by atoms with van der Waals surface area (Å²) in [6, 6.07) is 8.03. The molecule has 2 amide bonds. The predicted octanol–water partition coefficient (Wildman–Crippen LogP) is 4.10. The second-order valence-corrected chi connectivity index (χ2v) is 18.0. The maximum Gasteiger partial charge on any atom is 0.411 e. The number of aliphatic hydroxyl groups is 1. The third-order valence-electron chi connectivity index (χ3n) is 11.6. The Morgan fingerprint density at radius 3 is 2.60 bits per heavy atom. The zero-order valence-electron chi connectivity index (χ0n) is 34.4. The van der Waals surface area contributed by atoms with Crippen molar-refractivity contribution in [1.82, 2.24) is 19.8 Å². The zero-order chi connectivity index (χ0) is 44.7. The molecule has 62 heavy (non-hydrogen) atoms. The van der Waals surface area contributed by atoms with Gasteiger partial charge in [0.15, 0.2) is 5.60 Å². The van der Waals surface area contributed by atoms with Crippen LogP contribution in [0, 0.1) is 12.7 Å². The molecule has 18 nitrogen and oxygen atoms in total. The van der Waals surface area contributed by atoms with E-state index in [1.165, 1.54) is 17.6 Å². The first kappa shape index (κ1) is 43.9. The van der Waals surface area contributed by atoms with Crippen LogP contribution in [-0.2, 0) is 76.6 Å². The van der Waals surface area contributed by atoms with Gasteiger partial charge in [-0.1, -0.05) is 36.3 Å². The van der Waals surface area contributed by atoms with E-state index in [-0.39, 0.29) is 56.1 Å². The minimum Gasteiger partial charge on any atom is -0.458 e. The number of rotatable bonds is 15. The second-order valence-electron chi connectivity index (χ2n) is 15.7. The van der Waals surface area contributed by atoms with Crippen LogP contribution in [0.4, 0.5) is 9.18 Å². The highest BCUT2D eigenvalue weighted by Gasteiger charge is 2.46. The van der Waals surface area contributed by atoms with E-state index < -0.39 is 76.0 Å². The van der Waals surface area contributed by atoms with Crippen molar-refractivity contribution in [3.63, 3.8) is 0 Å². The Kier molecular flexibility index (Phi) is 12.2. The average Bonchev–Trinajstić information content (AvgIpc) is 3.60. The molecule has 1 aliphatic carbocycles. The molecule has 3 aliphatic rings. The molecule has 7 rings (SSSR count). The molecule has 2 N–H and O–H groups in total. The van der Waals surface area contributed by atoms with Crippen LogP contribution < -0.4 is 10.9 Å². The molecule has 4 aromatic rings. The van der Waals surface area contributed by atoms with Gasteiger partial charge in [0.2, 0.25) is 5.91 Å². The number of nitrogens with zero attached hydrogens (tertiary/aromatic N) is 6. The van der Waals surface area contributed by atoms with Gasteiger partial charge in [-0.05, 0) is 72.5 Å². The summed E-state index contributed by atoms with van der Waals surface area (Å²) in [6.07, 6.45) is 0.852. The fourth-order valence-corrected chi connectivity index (χ4v) is 8.70. The van der Waals surface area contributed by atoms with Crippen molar-refractivity contribution in [2.75, 3.05) is 31.9 Å². The van der Waals surface area contributed by atoms with Gasteiger partial charge in [-0.15, -0.1) is 0 Å². The van der Waals surface area contributed by atoms with Crippen LogP contribution >= 0.6 is 0 Å². The summed E-state index contributed by atoms with van der Waals surface area (Å²) in [7, 11) is -3.52. The van der Waals surface area contributed by atoms with Gasteiger partial charge in [0.25, 0.3) is 5.56 Å². The van der Waals surface area contributed by atoms with Gasteiger partial charge in [-0.25, -0.2) is 27.4 Å². The summed E-state index contributed by atoms with van der Waals surface area (Å²) in [5, 5.41) is 18.4. The molecule has 3 atom stereocenters. The molecule has 0 unspecified atom stereocenters. The molecule has 20 heteroatoms. The number of pyridine rings is 2. The third-order valence-corrected chi connectivity index (χ3v) is 12.6. The number of benzene rings is 2. The van der Waals surface area contributed by atoms with Crippen LogP contribution in [0.2, 0.25) is 0 Å². The number of cyclic esters (lactones) is 1. The van der Waals surface area contributed by atoms with E-state index in [1.807, 2.05) is 0 Å². The van der Waals surface area contributed by atoms with E-state index in [2.05, 4.69) is 15.3 Å². The number of sulfone groups is 1. The number of fused-ring (bicyclic) bond motifs is 5. The van der Waals surface area contributed by atoms with Gasteiger partial charge in [-0.3, -0.25) is 19.3 Å². The van der Waals surface area contributed by atoms with Crippen LogP contribution in [-0.4, -0.2) is 89.7 Å². The molecule has 0 fully saturated rings. The topological polar surface area (TPSA) is 249 Å². The molecule has 2 aromatic carbocycles. The minimum atomic E-state index is -3.52. The molecular weight excluding hydrogens is 830 g/mol. The van der Waals surface area contributed by atoms with E-state index in [4.69, 9.17) is 24.7 Å². The lowest BCUT2D eigenvalue weighted by atomic mass is 9.81. The maximum atomic E-state index is 15.3. The first-order valence-electron chi connectivity index (χ1n) is 19.9. The number of esters is 1. The molecule has 0 bridgehead atoms. The van der Waals surface area contributed by atoms with Gasteiger partial charge in [-0.2, -0.15) is 0 Å². The van der Waals surface area contributed by atoms with E-state index in [0.29, 0.717) is 62.9 Å². The molecule has 0 saturated heterocycles. The summed E-state index contributed by atoms with van der Waals surface area (Å²) in [6.45, 7) is 2.98. The average molecular weight is 874 g/mol. The van der Waals surface area contributed by atoms with Crippen LogP contribution in [0.5, 0.6) is 0 Å². The number of aromatic nitrogens is 2. The normalized spacial score (nSPS) is 17.8. The van der Waals surface area contributed by atoms with Crippen molar-refractivity contribution in [2.24, 2.45) is 5.11 Å². The lowest BCUT2D eigenvalue weighted by Crippen LogP contribution is -2.44. The number of nitrogens with one attached hydrogen (secondary N) is 1. The summed E-state index contributed by atoms with van der Waals surface area (Å²) in [4.78, 5) is 74.1. The number of Topliss-reactive ketones (excluding diaryl/α,β-unsaturated/α-hetero) is 1. The predicted molar refractivity (Wildman–Crippen MR) is 220 cm³/mol. The van der Waals surface area contributed by atoms with Crippen molar-refractivity contribution in [2.45, 2.75) is 83.9 Å². The standard InChI is InChI=1S/C42H44FN7O11S/c1-5-42(56)29-15-33-38-27(17-50(33)39(53)28(29)19-60-40(42)54)37-31(11-10-26-22(2)30(43)16-32(46-38)36(26)37)45-35(52)20-59-21-49(12-13-62(4,57)58)41(55)61-18-25-8-6-24(7-9-25)14-34(51)23(3)47-48-44/h6-9,15-16,23,31,56H,5,10-14,17-21H2,1-4H3,(H,45,52)/t23-,31-,42-/m0/s1. The van der Waals surface area contributed by atoms with Gasteiger partial charge in [0.1, 0.15) is 48.0 Å². The Morgan fingerprint density at radius 1 is 1.18 bits per heavy atom. The number of amides is 2. The number of carbonyl (C=O) groups excluding carboxylic acids is 4. The number of hydrogen-bond donors (Lipinski definition) is 2. The van der Waals surface area contributed by atoms with Gasteiger partial charge >= 0.3 is 12.1 Å². The highest BCUT2D eigenvalue weighted by atomic mass is 32.2. The first-order valence-corrected chi connectivity index (χ1v) is 21.9. The lowest BCUT2D eigenvalue weighted by Gasteiger charge is -2.31. The van der Waals surface area contributed by atoms with E-state index >= 15 is 4.39 Å². The maximum absolute atomic E-state index is 15.3. The Hall–Kier alpha value is -6.21. The number of aryl methyl sites for hydroxylation is 1. The Labute approximate surface area is 354 Å². The largest absolute Gasteiger partial charge is 0.458 e. The van der Waals surface area contributed by atoms with Crippen molar-refractivity contribution in [1.29, 1.82) is 0 Å². The minimum absolute atomic E-state index is 0.0374.